The Morgan fingerprint density at radius 2 is 1.27 bits per heavy atom. The van der Waals surface area contributed by atoms with Gasteiger partial charge in [-0.25, -0.2) is 0 Å². The maximum atomic E-state index is 2.48. The third-order valence-corrected chi connectivity index (χ3v) is 15.5. The summed E-state index contributed by atoms with van der Waals surface area (Å²) in [5, 5.41) is 1.67. The molecule has 0 atom stereocenters. The third-order valence-electron chi connectivity index (χ3n) is 5.38. The lowest BCUT2D eigenvalue weighted by molar-refractivity contribution is 0.835. The second-order valence-corrected chi connectivity index (χ2v) is 16.1. The zero-order valence-electron chi connectivity index (χ0n) is 15.1. The van der Waals surface area contributed by atoms with E-state index in [2.05, 4.69) is 89.3 Å². The van der Waals surface area contributed by atoms with Crippen LogP contribution in [0.3, 0.4) is 0 Å². The van der Waals surface area contributed by atoms with Crippen LogP contribution in [-0.2, 0) is 0 Å². The number of hydrogen-bond donors (Lipinski definition) is 0. The summed E-state index contributed by atoms with van der Waals surface area (Å²) in [4.78, 5) is 0. The molecule has 1 saturated heterocycles. The van der Waals surface area contributed by atoms with Crippen molar-refractivity contribution in [2.24, 2.45) is 0 Å². The average molecular weight is 353 g/mol. The van der Waals surface area contributed by atoms with E-state index in [1.54, 1.807) is 5.19 Å². The first-order valence-electron chi connectivity index (χ1n) is 8.74. The van der Waals surface area contributed by atoms with Gasteiger partial charge in [-0.15, -0.1) is 23.5 Å². The van der Waals surface area contributed by atoms with E-state index < -0.39 is 8.07 Å². The summed E-state index contributed by atoms with van der Waals surface area (Å²) >= 11 is 4.25. The Morgan fingerprint density at radius 1 is 0.818 bits per heavy atom. The summed E-state index contributed by atoms with van der Waals surface area (Å²) in [6.07, 6.45) is 1.37. The monoisotopic (exact) mass is 352 g/mol. The second-order valence-electron chi connectivity index (χ2n) is 7.45. The maximum Gasteiger partial charge on any atom is 0.0942 e. The zero-order chi connectivity index (χ0) is 16.3. The number of thioether (sulfide) groups is 2. The van der Waals surface area contributed by atoms with Gasteiger partial charge in [0.25, 0.3) is 0 Å². The first-order chi connectivity index (χ1) is 10.4. The maximum absolute atomic E-state index is 2.48. The molecular weight excluding hydrogens is 320 g/mol. The fraction of sp³-hybridized carbons (Fsp3) is 0.684. The Balaban J connectivity index is 2.33. The molecule has 2 rings (SSSR count). The molecule has 0 radical (unpaired) electrons. The van der Waals surface area contributed by atoms with Crippen molar-refractivity contribution in [1.82, 2.24) is 0 Å². The molecular formula is C19H32S2Si. The summed E-state index contributed by atoms with van der Waals surface area (Å²) in [6.45, 7) is 14.7. The molecule has 0 amide bonds. The molecule has 0 aliphatic carbocycles. The summed E-state index contributed by atoms with van der Waals surface area (Å²) in [6, 6.07) is 9.83. The fourth-order valence-electron chi connectivity index (χ4n) is 4.61. The minimum absolute atomic E-state index is 0.663. The zero-order valence-corrected chi connectivity index (χ0v) is 17.7. The minimum atomic E-state index is -1.49. The first kappa shape index (κ1) is 18.5. The summed E-state index contributed by atoms with van der Waals surface area (Å²) in [5.41, 5.74) is 3.89. The molecule has 0 nitrogen and oxygen atoms in total. The molecule has 1 aliphatic heterocycles. The van der Waals surface area contributed by atoms with Gasteiger partial charge in [0.1, 0.15) is 0 Å². The fourth-order valence-corrected chi connectivity index (χ4v) is 14.2. The van der Waals surface area contributed by atoms with Gasteiger partial charge in [0.15, 0.2) is 0 Å². The SMILES string of the molecule is CC(C)[Si](c1ccc(C2SCCCS2)cc1)(C(C)C)C(C)C. The quantitative estimate of drug-likeness (QED) is 0.559. The summed E-state index contributed by atoms with van der Waals surface area (Å²) < 4.78 is 0.663. The second kappa shape index (κ2) is 7.81. The normalized spacial score (nSPS) is 17.7. The van der Waals surface area contributed by atoms with E-state index >= 15 is 0 Å². The van der Waals surface area contributed by atoms with Crippen LogP contribution < -0.4 is 5.19 Å². The van der Waals surface area contributed by atoms with Gasteiger partial charge < -0.3 is 0 Å². The van der Waals surface area contributed by atoms with E-state index in [4.69, 9.17) is 0 Å². The summed E-state index contributed by atoms with van der Waals surface area (Å²) in [5.74, 6) is 2.64. The Morgan fingerprint density at radius 3 is 1.68 bits per heavy atom. The van der Waals surface area contributed by atoms with E-state index in [9.17, 15) is 0 Å². The molecule has 0 unspecified atom stereocenters. The van der Waals surface area contributed by atoms with Gasteiger partial charge in [0, 0.05) is 0 Å². The largest absolute Gasteiger partial charge is 0.143 e. The molecule has 3 heteroatoms. The molecule has 1 aliphatic rings. The van der Waals surface area contributed by atoms with E-state index in [0.29, 0.717) is 4.58 Å². The lowest BCUT2D eigenvalue weighted by Gasteiger charge is -2.43. The smallest absolute Gasteiger partial charge is 0.0942 e. The molecule has 0 bridgehead atoms. The predicted molar refractivity (Wildman–Crippen MR) is 109 cm³/mol. The molecule has 1 aromatic rings. The van der Waals surface area contributed by atoms with Crippen molar-refractivity contribution < 1.29 is 0 Å². The Hall–Kier alpha value is 0.137. The lowest BCUT2D eigenvalue weighted by Crippen LogP contribution is -2.55. The van der Waals surface area contributed by atoms with Crippen LogP contribution in [0.2, 0.25) is 16.6 Å². The van der Waals surface area contributed by atoms with Crippen LogP contribution in [0.5, 0.6) is 0 Å². The average Bonchev–Trinajstić information content (AvgIpc) is 2.48. The van der Waals surface area contributed by atoms with Crippen molar-refractivity contribution >= 4 is 36.8 Å². The van der Waals surface area contributed by atoms with Crippen LogP contribution >= 0.6 is 23.5 Å². The van der Waals surface area contributed by atoms with E-state index in [1.165, 1.54) is 23.5 Å². The van der Waals surface area contributed by atoms with Gasteiger partial charge in [0.05, 0.1) is 12.7 Å². The highest BCUT2D eigenvalue weighted by molar-refractivity contribution is 8.16. The molecule has 1 fully saturated rings. The van der Waals surface area contributed by atoms with Gasteiger partial charge in [-0.2, -0.15) is 0 Å². The highest BCUT2D eigenvalue weighted by atomic mass is 32.2. The minimum Gasteiger partial charge on any atom is -0.143 e. The Labute approximate surface area is 147 Å². The molecule has 0 N–H and O–H groups in total. The molecule has 0 spiro atoms. The van der Waals surface area contributed by atoms with Crippen LogP contribution in [0.1, 0.15) is 58.1 Å². The number of rotatable bonds is 5. The van der Waals surface area contributed by atoms with Gasteiger partial charge in [-0.3, -0.25) is 0 Å². The predicted octanol–water partition coefficient (Wildman–Crippen LogP) is 6.44. The summed E-state index contributed by atoms with van der Waals surface area (Å²) in [7, 11) is -1.49. The van der Waals surface area contributed by atoms with Crippen molar-refractivity contribution in [2.45, 2.75) is 69.2 Å². The van der Waals surface area contributed by atoms with Gasteiger partial charge >= 0.3 is 0 Å². The van der Waals surface area contributed by atoms with Crippen LogP contribution in [0.25, 0.3) is 0 Å². The molecule has 0 aromatic heterocycles. The van der Waals surface area contributed by atoms with Crippen molar-refractivity contribution in [2.75, 3.05) is 11.5 Å². The van der Waals surface area contributed by atoms with E-state index in [-0.39, 0.29) is 0 Å². The molecule has 1 heterocycles. The van der Waals surface area contributed by atoms with Crippen LogP contribution in [0.4, 0.5) is 0 Å². The highest BCUT2D eigenvalue weighted by Gasteiger charge is 2.44. The molecule has 22 heavy (non-hydrogen) atoms. The van der Waals surface area contributed by atoms with Crippen molar-refractivity contribution in [3.63, 3.8) is 0 Å². The highest BCUT2D eigenvalue weighted by Crippen LogP contribution is 2.44. The van der Waals surface area contributed by atoms with Gasteiger partial charge in [-0.1, -0.05) is 71.0 Å². The first-order valence-corrected chi connectivity index (χ1v) is 13.1. The van der Waals surface area contributed by atoms with Crippen LogP contribution in [0, 0.1) is 0 Å². The van der Waals surface area contributed by atoms with E-state index in [0.717, 1.165) is 16.6 Å². The Kier molecular flexibility index (Phi) is 6.55. The van der Waals surface area contributed by atoms with Crippen molar-refractivity contribution in [3.05, 3.63) is 29.8 Å². The molecule has 1 aromatic carbocycles. The third kappa shape index (κ3) is 3.46. The van der Waals surface area contributed by atoms with Gasteiger partial charge in [-0.05, 0) is 40.1 Å². The topological polar surface area (TPSA) is 0 Å². The number of hydrogen-bond acceptors (Lipinski definition) is 2. The van der Waals surface area contributed by atoms with Crippen LogP contribution in [-0.4, -0.2) is 19.6 Å². The van der Waals surface area contributed by atoms with Crippen LogP contribution in [0.15, 0.2) is 24.3 Å². The number of benzene rings is 1. The lowest BCUT2D eigenvalue weighted by atomic mass is 10.2. The Bertz CT molecular complexity index is 437. The molecule has 0 saturated carbocycles. The van der Waals surface area contributed by atoms with Gasteiger partial charge in [0.2, 0.25) is 0 Å². The standard InChI is InChI=1S/C19H32S2Si/c1-14(2)22(15(3)4,16(5)6)18-10-8-17(9-11-18)19-20-12-7-13-21-19/h8-11,14-16,19H,7,12-13H2,1-6H3. The van der Waals surface area contributed by atoms with E-state index in [1.807, 2.05) is 0 Å². The molecule has 124 valence electrons. The van der Waals surface area contributed by atoms with Crippen molar-refractivity contribution in [1.29, 1.82) is 0 Å². The van der Waals surface area contributed by atoms with Crippen molar-refractivity contribution in [3.8, 4) is 0 Å².